The third-order valence-corrected chi connectivity index (χ3v) is 3.40. The summed E-state index contributed by atoms with van der Waals surface area (Å²) >= 11 is 3.21. The maximum absolute atomic E-state index is 11.2. The number of benzene rings is 1. The third kappa shape index (κ3) is 3.82. The highest BCUT2D eigenvalue weighted by molar-refractivity contribution is 9.10. The molecule has 0 bridgehead atoms. The van der Waals surface area contributed by atoms with Gasteiger partial charge in [-0.05, 0) is 45.1 Å². The van der Waals surface area contributed by atoms with Gasteiger partial charge in [-0.15, -0.1) is 0 Å². The lowest BCUT2D eigenvalue weighted by molar-refractivity contribution is 0.0693. The number of carbonyl (C=O) groups is 1. The van der Waals surface area contributed by atoms with Crippen LogP contribution in [0.3, 0.4) is 0 Å². The van der Waals surface area contributed by atoms with Gasteiger partial charge in [0.25, 0.3) is 0 Å². The van der Waals surface area contributed by atoms with Gasteiger partial charge in [-0.1, -0.05) is 32.9 Å². The predicted molar refractivity (Wildman–Crippen MR) is 84.1 cm³/mol. The Morgan fingerprint density at radius 2 is 2.00 bits per heavy atom. The Labute approximate surface area is 131 Å². The molecule has 1 heterocycles. The number of hydrogen-bond acceptors (Lipinski definition) is 3. The smallest absolute Gasteiger partial charge is 0.341 e. The normalized spacial score (nSPS) is 11.2. The number of carboxylic acid groups (broad SMARTS) is 1. The molecular weight excluding hydrogens is 334 g/mol. The molecule has 1 N–H and O–H groups in total. The van der Waals surface area contributed by atoms with Crippen molar-refractivity contribution in [2.45, 2.75) is 26.2 Å². The minimum absolute atomic E-state index is 0.0118. The summed E-state index contributed by atoms with van der Waals surface area (Å²) in [6.07, 6.45) is 1.51. The molecule has 2 rings (SSSR count). The standard InChI is InChI=1S/C16H16BrNO3/c1-16(2,3)10-5-4-6-12(7-10)21-14-13(15(19)20)8-11(17)9-18-14/h4-9H,1-3H3,(H,19,20). The van der Waals surface area contributed by atoms with Gasteiger partial charge >= 0.3 is 5.97 Å². The highest BCUT2D eigenvalue weighted by atomic mass is 79.9. The third-order valence-electron chi connectivity index (χ3n) is 2.96. The second kappa shape index (κ2) is 5.85. The Balaban J connectivity index is 2.37. The molecule has 0 saturated heterocycles. The number of aromatic nitrogens is 1. The van der Waals surface area contributed by atoms with E-state index in [-0.39, 0.29) is 16.9 Å². The minimum atomic E-state index is -1.08. The Hall–Kier alpha value is -1.88. The first-order valence-electron chi connectivity index (χ1n) is 6.44. The summed E-state index contributed by atoms with van der Waals surface area (Å²) in [6.45, 7) is 6.31. The van der Waals surface area contributed by atoms with E-state index in [2.05, 4.69) is 41.7 Å². The van der Waals surface area contributed by atoms with E-state index in [0.717, 1.165) is 5.56 Å². The Kier molecular flexibility index (Phi) is 4.32. The highest BCUT2D eigenvalue weighted by Gasteiger charge is 2.17. The number of nitrogens with zero attached hydrogens (tertiary/aromatic N) is 1. The molecule has 21 heavy (non-hydrogen) atoms. The SMILES string of the molecule is CC(C)(C)c1cccc(Oc2ncc(Br)cc2C(=O)O)c1. The van der Waals surface area contributed by atoms with Gasteiger partial charge in [-0.3, -0.25) is 0 Å². The van der Waals surface area contributed by atoms with Crippen LogP contribution in [0, 0.1) is 0 Å². The van der Waals surface area contributed by atoms with Crippen LogP contribution in [0.25, 0.3) is 0 Å². The van der Waals surface area contributed by atoms with E-state index in [1.807, 2.05) is 18.2 Å². The Morgan fingerprint density at radius 1 is 1.29 bits per heavy atom. The van der Waals surface area contributed by atoms with Crippen molar-refractivity contribution in [3.05, 3.63) is 52.1 Å². The summed E-state index contributed by atoms with van der Waals surface area (Å²) in [5.74, 6) is -0.428. The average molecular weight is 350 g/mol. The molecule has 1 aromatic carbocycles. The van der Waals surface area contributed by atoms with Crippen LogP contribution in [0.1, 0.15) is 36.7 Å². The molecule has 0 unspecified atom stereocenters. The van der Waals surface area contributed by atoms with Crippen molar-refractivity contribution in [2.75, 3.05) is 0 Å². The number of rotatable bonds is 3. The van der Waals surface area contributed by atoms with Crippen LogP contribution in [0.15, 0.2) is 41.0 Å². The number of aromatic carboxylic acids is 1. The topological polar surface area (TPSA) is 59.4 Å². The van der Waals surface area contributed by atoms with Crippen molar-refractivity contribution in [1.82, 2.24) is 4.98 Å². The molecule has 1 aromatic heterocycles. The second-order valence-corrected chi connectivity index (χ2v) is 6.61. The van der Waals surface area contributed by atoms with Crippen molar-refractivity contribution >= 4 is 21.9 Å². The molecule has 0 radical (unpaired) electrons. The quantitative estimate of drug-likeness (QED) is 0.877. The summed E-state index contributed by atoms with van der Waals surface area (Å²) < 4.78 is 6.24. The number of carboxylic acids is 1. The van der Waals surface area contributed by atoms with Crippen molar-refractivity contribution in [3.63, 3.8) is 0 Å². The molecule has 0 fully saturated rings. The first kappa shape index (κ1) is 15.5. The predicted octanol–water partition coefficient (Wildman–Crippen LogP) is 4.63. The zero-order chi connectivity index (χ0) is 15.6. The van der Waals surface area contributed by atoms with E-state index >= 15 is 0 Å². The lowest BCUT2D eigenvalue weighted by Crippen LogP contribution is -2.10. The summed E-state index contributed by atoms with van der Waals surface area (Å²) in [5.41, 5.74) is 1.11. The molecule has 110 valence electrons. The number of pyridine rings is 1. The number of halogens is 1. The molecule has 4 nitrogen and oxygen atoms in total. The largest absolute Gasteiger partial charge is 0.477 e. The van der Waals surface area contributed by atoms with E-state index in [9.17, 15) is 9.90 Å². The first-order valence-corrected chi connectivity index (χ1v) is 7.24. The molecule has 0 aliphatic carbocycles. The summed E-state index contributed by atoms with van der Waals surface area (Å²) in [4.78, 5) is 15.3. The highest BCUT2D eigenvalue weighted by Crippen LogP contribution is 2.29. The van der Waals surface area contributed by atoms with Gasteiger partial charge < -0.3 is 9.84 Å². The minimum Gasteiger partial charge on any atom is -0.477 e. The van der Waals surface area contributed by atoms with Crippen LogP contribution < -0.4 is 4.74 Å². The van der Waals surface area contributed by atoms with Gasteiger partial charge in [0.15, 0.2) is 0 Å². The van der Waals surface area contributed by atoms with E-state index in [0.29, 0.717) is 10.2 Å². The Bertz CT molecular complexity index is 677. The summed E-state index contributed by atoms with van der Waals surface area (Å²) in [6, 6.07) is 9.05. The zero-order valence-corrected chi connectivity index (χ0v) is 13.6. The number of hydrogen-bond donors (Lipinski definition) is 1. The fourth-order valence-electron chi connectivity index (χ4n) is 1.80. The zero-order valence-electron chi connectivity index (χ0n) is 12.1. The maximum Gasteiger partial charge on any atom is 0.341 e. The molecule has 0 saturated carbocycles. The lowest BCUT2D eigenvalue weighted by atomic mass is 9.87. The Morgan fingerprint density at radius 3 is 2.62 bits per heavy atom. The molecule has 5 heteroatoms. The summed E-state index contributed by atoms with van der Waals surface area (Å²) in [7, 11) is 0. The van der Waals surface area contributed by atoms with Gasteiger partial charge in [-0.25, -0.2) is 9.78 Å². The van der Waals surface area contributed by atoms with Crippen LogP contribution in [-0.2, 0) is 5.41 Å². The lowest BCUT2D eigenvalue weighted by Gasteiger charge is -2.19. The summed E-state index contributed by atoms with van der Waals surface area (Å²) in [5, 5.41) is 9.21. The molecule has 0 amide bonds. The van der Waals surface area contributed by atoms with Gasteiger partial charge in [-0.2, -0.15) is 0 Å². The maximum atomic E-state index is 11.2. The van der Waals surface area contributed by atoms with Crippen LogP contribution in [0.2, 0.25) is 0 Å². The molecule has 0 spiro atoms. The molecule has 0 atom stereocenters. The van der Waals surface area contributed by atoms with Crippen molar-refractivity contribution < 1.29 is 14.6 Å². The van der Waals surface area contributed by atoms with Crippen LogP contribution in [0.5, 0.6) is 11.6 Å². The van der Waals surface area contributed by atoms with Crippen molar-refractivity contribution in [2.24, 2.45) is 0 Å². The molecular formula is C16H16BrNO3. The van der Waals surface area contributed by atoms with E-state index in [4.69, 9.17) is 4.74 Å². The van der Waals surface area contributed by atoms with Gasteiger partial charge in [0.2, 0.25) is 5.88 Å². The van der Waals surface area contributed by atoms with Crippen molar-refractivity contribution in [3.8, 4) is 11.6 Å². The van der Waals surface area contributed by atoms with Crippen LogP contribution in [0.4, 0.5) is 0 Å². The molecule has 0 aliphatic rings. The van der Waals surface area contributed by atoms with Gasteiger partial charge in [0, 0.05) is 10.7 Å². The van der Waals surface area contributed by atoms with E-state index < -0.39 is 5.97 Å². The van der Waals surface area contributed by atoms with E-state index in [1.54, 1.807) is 6.07 Å². The van der Waals surface area contributed by atoms with E-state index in [1.165, 1.54) is 12.3 Å². The molecule has 2 aromatic rings. The van der Waals surface area contributed by atoms with Gasteiger partial charge in [0.1, 0.15) is 11.3 Å². The first-order chi connectivity index (χ1) is 9.77. The van der Waals surface area contributed by atoms with Crippen LogP contribution >= 0.6 is 15.9 Å². The monoisotopic (exact) mass is 349 g/mol. The van der Waals surface area contributed by atoms with Crippen molar-refractivity contribution in [1.29, 1.82) is 0 Å². The fraction of sp³-hybridized carbons (Fsp3) is 0.250. The molecule has 0 aliphatic heterocycles. The number of ether oxygens (including phenoxy) is 1. The average Bonchev–Trinajstić information content (AvgIpc) is 2.40. The van der Waals surface area contributed by atoms with Crippen LogP contribution in [-0.4, -0.2) is 16.1 Å². The fourth-order valence-corrected chi connectivity index (χ4v) is 2.13. The van der Waals surface area contributed by atoms with Gasteiger partial charge in [0.05, 0.1) is 0 Å². The second-order valence-electron chi connectivity index (χ2n) is 5.69.